The van der Waals surface area contributed by atoms with E-state index in [-0.39, 0.29) is 5.54 Å². The SMILES string of the molecule is CCc1cnccc1-c1noc(CC2(N)CCC2)n1. The molecule has 0 amide bonds. The standard InChI is InChI=1S/C14H18N4O/c1-2-10-9-16-7-4-11(10)13-17-12(19-18-13)8-14(15)5-3-6-14/h4,7,9H,2-3,5-6,8,15H2,1H3. The molecule has 0 bridgehead atoms. The van der Waals surface area contributed by atoms with Crippen LogP contribution < -0.4 is 5.73 Å². The lowest BCUT2D eigenvalue weighted by molar-refractivity contribution is 0.222. The molecule has 1 saturated carbocycles. The summed E-state index contributed by atoms with van der Waals surface area (Å²) in [5.41, 5.74) is 8.19. The highest BCUT2D eigenvalue weighted by Crippen LogP contribution is 2.32. The zero-order chi connectivity index (χ0) is 13.3. The van der Waals surface area contributed by atoms with Crippen LogP contribution in [-0.2, 0) is 12.8 Å². The van der Waals surface area contributed by atoms with Gasteiger partial charge in [0.05, 0.1) is 0 Å². The van der Waals surface area contributed by atoms with Crippen LogP contribution in [0.3, 0.4) is 0 Å². The third-order valence-electron chi connectivity index (χ3n) is 3.85. The first-order valence-corrected chi connectivity index (χ1v) is 6.75. The lowest BCUT2D eigenvalue weighted by Gasteiger charge is -2.36. The number of rotatable bonds is 4. The molecule has 0 aromatic carbocycles. The molecule has 0 spiro atoms. The number of hydrogen-bond donors (Lipinski definition) is 1. The second-order valence-corrected chi connectivity index (χ2v) is 5.29. The molecule has 5 heteroatoms. The van der Waals surface area contributed by atoms with Crippen LogP contribution in [0.25, 0.3) is 11.4 Å². The third-order valence-corrected chi connectivity index (χ3v) is 3.85. The van der Waals surface area contributed by atoms with Crippen LogP contribution >= 0.6 is 0 Å². The van der Waals surface area contributed by atoms with Crippen molar-refractivity contribution in [2.45, 2.75) is 44.6 Å². The molecule has 100 valence electrons. The Hall–Kier alpha value is -1.75. The van der Waals surface area contributed by atoms with Crippen LogP contribution in [-0.4, -0.2) is 20.7 Å². The third kappa shape index (κ3) is 2.38. The van der Waals surface area contributed by atoms with Gasteiger partial charge in [0.25, 0.3) is 0 Å². The van der Waals surface area contributed by atoms with E-state index in [0.29, 0.717) is 18.1 Å². The Labute approximate surface area is 112 Å². The predicted molar refractivity (Wildman–Crippen MR) is 71.4 cm³/mol. The fourth-order valence-corrected chi connectivity index (χ4v) is 2.47. The van der Waals surface area contributed by atoms with Crippen molar-refractivity contribution < 1.29 is 4.52 Å². The second-order valence-electron chi connectivity index (χ2n) is 5.29. The van der Waals surface area contributed by atoms with Gasteiger partial charge in [0.2, 0.25) is 11.7 Å². The average molecular weight is 258 g/mol. The van der Waals surface area contributed by atoms with Gasteiger partial charge in [-0.25, -0.2) is 0 Å². The van der Waals surface area contributed by atoms with Gasteiger partial charge in [-0.05, 0) is 37.3 Å². The highest BCUT2D eigenvalue weighted by atomic mass is 16.5. The van der Waals surface area contributed by atoms with Gasteiger partial charge in [-0.3, -0.25) is 4.98 Å². The lowest BCUT2D eigenvalue weighted by Crippen LogP contribution is -2.48. The first-order chi connectivity index (χ1) is 9.20. The van der Waals surface area contributed by atoms with E-state index in [1.807, 2.05) is 12.3 Å². The Kier molecular flexibility index (Phi) is 3.06. The normalized spacial score (nSPS) is 17.2. The molecule has 0 aliphatic heterocycles. The predicted octanol–water partition coefficient (Wildman–Crippen LogP) is 2.12. The van der Waals surface area contributed by atoms with Crippen molar-refractivity contribution >= 4 is 0 Å². The van der Waals surface area contributed by atoms with E-state index in [0.717, 1.165) is 30.4 Å². The van der Waals surface area contributed by atoms with Gasteiger partial charge in [-0.1, -0.05) is 12.1 Å². The van der Waals surface area contributed by atoms with Crippen LogP contribution in [0.15, 0.2) is 23.0 Å². The lowest BCUT2D eigenvalue weighted by atomic mass is 9.75. The molecule has 2 aromatic heterocycles. The average Bonchev–Trinajstić information content (AvgIpc) is 2.85. The van der Waals surface area contributed by atoms with Crippen molar-refractivity contribution in [3.63, 3.8) is 0 Å². The topological polar surface area (TPSA) is 77.8 Å². The fraction of sp³-hybridized carbons (Fsp3) is 0.500. The number of aryl methyl sites for hydroxylation is 1. The number of aromatic nitrogens is 3. The summed E-state index contributed by atoms with van der Waals surface area (Å²) in [5, 5.41) is 4.07. The number of nitrogens with two attached hydrogens (primary N) is 1. The van der Waals surface area contributed by atoms with Crippen LogP contribution in [0.5, 0.6) is 0 Å². The van der Waals surface area contributed by atoms with Crippen molar-refractivity contribution in [3.8, 4) is 11.4 Å². The molecular formula is C14H18N4O. The Morgan fingerprint density at radius 2 is 2.26 bits per heavy atom. The summed E-state index contributed by atoms with van der Waals surface area (Å²) in [7, 11) is 0. The number of hydrogen-bond acceptors (Lipinski definition) is 5. The molecule has 5 nitrogen and oxygen atoms in total. The summed E-state index contributed by atoms with van der Waals surface area (Å²) < 4.78 is 5.33. The molecule has 1 aliphatic carbocycles. The van der Waals surface area contributed by atoms with E-state index in [9.17, 15) is 0 Å². The van der Waals surface area contributed by atoms with E-state index in [1.54, 1.807) is 6.20 Å². The van der Waals surface area contributed by atoms with Crippen molar-refractivity contribution in [2.75, 3.05) is 0 Å². The molecule has 1 aliphatic rings. The molecule has 0 atom stereocenters. The zero-order valence-electron chi connectivity index (χ0n) is 11.1. The van der Waals surface area contributed by atoms with E-state index < -0.39 is 0 Å². The van der Waals surface area contributed by atoms with Crippen molar-refractivity contribution in [2.24, 2.45) is 5.73 Å². The van der Waals surface area contributed by atoms with E-state index >= 15 is 0 Å². The molecule has 1 fully saturated rings. The minimum absolute atomic E-state index is 0.129. The Morgan fingerprint density at radius 1 is 1.42 bits per heavy atom. The van der Waals surface area contributed by atoms with Crippen LogP contribution in [0, 0.1) is 0 Å². The van der Waals surface area contributed by atoms with Gasteiger partial charge in [0.1, 0.15) is 0 Å². The minimum Gasteiger partial charge on any atom is -0.339 e. The Balaban J connectivity index is 1.84. The van der Waals surface area contributed by atoms with Gasteiger partial charge in [0, 0.05) is 29.9 Å². The summed E-state index contributed by atoms with van der Waals surface area (Å²) in [5.74, 6) is 1.27. The summed E-state index contributed by atoms with van der Waals surface area (Å²) in [6.45, 7) is 2.09. The number of pyridine rings is 1. The van der Waals surface area contributed by atoms with E-state index in [2.05, 4.69) is 22.0 Å². The molecule has 3 rings (SSSR count). The maximum atomic E-state index is 6.20. The molecular weight excluding hydrogens is 240 g/mol. The largest absolute Gasteiger partial charge is 0.339 e. The molecule has 2 N–H and O–H groups in total. The molecule has 19 heavy (non-hydrogen) atoms. The zero-order valence-corrected chi connectivity index (χ0v) is 11.1. The first kappa shape index (κ1) is 12.3. The molecule has 0 radical (unpaired) electrons. The molecule has 2 aromatic rings. The Bertz CT molecular complexity index is 574. The van der Waals surface area contributed by atoms with Gasteiger partial charge in [0.15, 0.2) is 0 Å². The molecule has 0 unspecified atom stereocenters. The van der Waals surface area contributed by atoms with Crippen molar-refractivity contribution in [1.29, 1.82) is 0 Å². The highest BCUT2D eigenvalue weighted by Gasteiger charge is 2.34. The molecule has 2 heterocycles. The summed E-state index contributed by atoms with van der Waals surface area (Å²) in [6, 6.07) is 1.93. The smallest absolute Gasteiger partial charge is 0.228 e. The van der Waals surface area contributed by atoms with Gasteiger partial charge in [-0.15, -0.1) is 0 Å². The highest BCUT2D eigenvalue weighted by molar-refractivity contribution is 5.58. The maximum absolute atomic E-state index is 6.20. The summed E-state index contributed by atoms with van der Waals surface area (Å²) in [6.07, 6.45) is 8.45. The Morgan fingerprint density at radius 3 is 2.95 bits per heavy atom. The maximum Gasteiger partial charge on any atom is 0.228 e. The van der Waals surface area contributed by atoms with Crippen molar-refractivity contribution in [1.82, 2.24) is 15.1 Å². The molecule has 0 saturated heterocycles. The second kappa shape index (κ2) is 4.74. The van der Waals surface area contributed by atoms with E-state index in [1.165, 1.54) is 6.42 Å². The quantitative estimate of drug-likeness (QED) is 0.908. The first-order valence-electron chi connectivity index (χ1n) is 6.75. The monoisotopic (exact) mass is 258 g/mol. The van der Waals surface area contributed by atoms with Crippen LogP contribution in [0.2, 0.25) is 0 Å². The summed E-state index contributed by atoms with van der Waals surface area (Å²) >= 11 is 0. The summed E-state index contributed by atoms with van der Waals surface area (Å²) in [4.78, 5) is 8.59. The van der Waals surface area contributed by atoms with E-state index in [4.69, 9.17) is 10.3 Å². The van der Waals surface area contributed by atoms with Gasteiger partial charge >= 0.3 is 0 Å². The van der Waals surface area contributed by atoms with Crippen LogP contribution in [0.1, 0.15) is 37.6 Å². The fourth-order valence-electron chi connectivity index (χ4n) is 2.47. The van der Waals surface area contributed by atoms with Crippen LogP contribution in [0.4, 0.5) is 0 Å². The van der Waals surface area contributed by atoms with Gasteiger partial charge < -0.3 is 10.3 Å². The minimum atomic E-state index is -0.129. The van der Waals surface area contributed by atoms with Crippen molar-refractivity contribution in [3.05, 3.63) is 29.9 Å². The number of nitrogens with zero attached hydrogens (tertiary/aromatic N) is 3. The van der Waals surface area contributed by atoms with Gasteiger partial charge in [-0.2, -0.15) is 4.98 Å².